The molecule has 2 aromatic carbocycles. The van der Waals surface area contributed by atoms with Crippen molar-refractivity contribution in [3.05, 3.63) is 56.5 Å². The fraction of sp³-hybridized carbons (Fsp3) is 0.158. The molecule has 0 radical (unpaired) electrons. The van der Waals surface area contributed by atoms with Crippen LogP contribution >= 0.6 is 69.9 Å². The highest BCUT2D eigenvalue weighted by Crippen LogP contribution is 2.41. The van der Waals surface area contributed by atoms with Gasteiger partial charge in [-0.25, -0.2) is 9.59 Å². The number of halogens is 4. The number of hydrogen-bond donors (Lipinski definition) is 2. The lowest BCUT2D eigenvalue weighted by Gasteiger charge is -2.13. The molecule has 33 heavy (non-hydrogen) atoms. The fourth-order valence-electron chi connectivity index (χ4n) is 2.27. The first-order valence-corrected chi connectivity index (χ1v) is 12.3. The van der Waals surface area contributed by atoms with Gasteiger partial charge >= 0.3 is 12.2 Å². The van der Waals surface area contributed by atoms with E-state index in [1.807, 2.05) is 6.92 Å². The van der Waals surface area contributed by atoms with E-state index < -0.39 is 16.9 Å². The van der Waals surface area contributed by atoms with Crippen LogP contribution in [0.4, 0.5) is 21.0 Å². The summed E-state index contributed by atoms with van der Waals surface area (Å²) >= 11 is 26.1. The zero-order chi connectivity index (χ0) is 24.0. The summed E-state index contributed by atoms with van der Waals surface area (Å²) in [5.41, 5.74) is 0.821. The maximum Gasteiger partial charge on any atom is 0.437 e. The summed E-state index contributed by atoms with van der Waals surface area (Å²) in [6.45, 7) is 1.87. The van der Waals surface area contributed by atoms with Crippen molar-refractivity contribution in [1.29, 1.82) is 0 Å². The summed E-state index contributed by atoms with van der Waals surface area (Å²) in [5, 5.41) is 13.9. The maximum absolute atomic E-state index is 11.9. The zero-order valence-electron chi connectivity index (χ0n) is 16.6. The minimum Gasteiger partial charge on any atom is -0.298 e. The van der Waals surface area contributed by atoms with Crippen LogP contribution < -0.4 is 10.6 Å². The Balaban J connectivity index is 1.46. The summed E-state index contributed by atoms with van der Waals surface area (Å²) in [6.07, 6.45) is -0.107. The number of rotatable bonds is 5. The van der Waals surface area contributed by atoms with Gasteiger partial charge < -0.3 is 0 Å². The Labute approximate surface area is 217 Å². The first kappa shape index (κ1) is 25.8. The van der Waals surface area contributed by atoms with Crippen molar-refractivity contribution in [3.8, 4) is 0 Å². The molecule has 1 fully saturated rings. The van der Waals surface area contributed by atoms with Gasteiger partial charge in [-0.2, -0.15) is 0 Å². The van der Waals surface area contributed by atoms with Gasteiger partial charge in [0.15, 0.2) is 4.38 Å². The van der Waals surface area contributed by atoms with E-state index in [-0.39, 0.29) is 0 Å². The Morgan fingerprint density at radius 1 is 0.939 bits per heavy atom. The van der Waals surface area contributed by atoms with E-state index in [4.69, 9.17) is 56.1 Å². The molecular weight excluding hydrogens is 554 g/mol. The van der Waals surface area contributed by atoms with Crippen LogP contribution in [0, 0.1) is 0 Å². The smallest absolute Gasteiger partial charge is 0.298 e. The number of oxime groups is 2. The number of amides is 2. The number of carbonyl (C=O) groups excluding carboxylic acids is 2. The van der Waals surface area contributed by atoms with Crippen molar-refractivity contribution in [2.45, 2.75) is 11.7 Å². The SMILES string of the molecule is CC1(/C=N/OC(=O)Nc2ccc(Cl)c(Cl)c2)CS/C(=N\OC(=O)Nc2ccc(Cl)c(Cl)c2)S1. The third-order valence-electron chi connectivity index (χ3n) is 3.80. The number of benzene rings is 2. The highest BCUT2D eigenvalue weighted by molar-refractivity contribution is 8.42. The van der Waals surface area contributed by atoms with Gasteiger partial charge in [0, 0.05) is 17.1 Å². The number of thioether (sulfide) groups is 2. The standard InChI is InChI=1S/C19H14Cl4N4O4S2/c1-19(8-24-30-16(28)25-10-2-4-12(20)14(22)6-10)9-32-18(33-19)27-31-17(29)26-11-3-5-13(21)15(23)7-11/h2-8H,9H2,1H3,(H,25,28)(H,26,29)/b24-8+,27-18+. The largest absolute Gasteiger partial charge is 0.437 e. The van der Waals surface area contributed by atoms with E-state index in [1.54, 1.807) is 24.3 Å². The van der Waals surface area contributed by atoms with Gasteiger partial charge in [-0.05, 0) is 43.3 Å². The molecule has 2 aromatic rings. The molecule has 2 N–H and O–H groups in total. The van der Waals surface area contributed by atoms with Crippen LogP contribution in [-0.4, -0.2) is 33.3 Å². The third kappa shape index (κ3) is 7.87. The van der Waals surface area contributed by atoms with Crippen molar-refractivity contribution in [1.82, 2.24) is 0 Å². The first-order chi connectivity index (χ1) is 15.6. The molecule has 1 aliphatic rings. The second kappa shape index (κ2) is 11.5. The van der Waals surface area contributed by atoms with E-state index in [0.717, 1.165) is 0 Å². The number of anilines is 2. The fourth-order valence-corrected chi connectivity index (χ4v) is 5.40. The Morgan fingerprint density at radius 2 is 1.48 bits per heavy atom. The average molecular weight is 568 g/mol. The Hall–Kier alpha value is -1.82. The van der Waals surface area contributed by atoms with Crippen LogP contribution in [0.2, 0.25) is 20.1 Å². The summed E-state index contributed by atoms with van der Waals surface area (Å²) < 4.78 is -0.0230. The average Bonchev–Trinajstić information content (AvgIpc) is 3.13. The molecule has 174 valence electrons. The minimum atomic E-state index is -0.792. The van der Waals surface area contributed by atoms with E-state index in [1.165, 1.54) is 41.9 Å². The van der Waals surface area contributed by atoms with E-state index in [2.05, 4.69) is 20.9 Å². The topological polar surface area (TPSA) is 101 Å². The Morgan fingerprint density at radius 3 is 2.03 bits per heavy atom. The van der Waals surface area contributed by atoms with Gasteiger partial charge in [-0.3, -0.25) is 20.3 Å². The number of nitrogens with zero attached hydrogens (tertiary/aromatic N) is 2. The van der Waals surface area contributed by atoms with Crippen molar-refractivity contribution in [2.75, 3.05) is 16.4 Å². The molecule has 0 bridgehead atoms. The van der Waals surface area contributed by atoms with Crippen LogP contribution in [0.25, 0.3) is 0 Å². The van der Waals surface area contributed by atoms with Crippen LogP contribution in [0.15, 0.2) is 46.7 Å². The summed E-state index contributed by atoms with van der Waals surface area (Å²) in [6, 6.07) is 9.22. The number of carbonyl (C=O) groups is 2. The van der Waals surface area contributed by atoms with Gasteiger partial charge in [-0.1, -0.05) is 80.2 Å². The van der Waals surface area contributed by atoms with Crippen LogP contribution in [0.5, 0.6) is 0 Å². The normalized spacial score (nSPS) is 19.0. The monoisotopic (exact) mass is 566 g/mol. The molecule has 1 heterocycles. The molecule has 14 heteroatoms. The van der Waals surface area contributed by atoms with E-state index in [0.29, 0.717) is 41.6 Å². The second-order valence-electron chi connectivity index (χ2n) is 6.56. The zero-order valence-corrected chi connectivity index (χ0v) is 21.3. The van der Waals surface area contributed by atoms with Gasteiger partial charge in [0.05, 0.1) is 31.1 Å². The molecule has 8 nitrogen and oxygen atoms in total. The molecule has 0 aliphatic carbocycles. The highest BCUT2D eigenvalue weighted by atomic mass is 35.5. The van der Waals surface area contributed by atoms with E-state index >= 15 is 0 Å². The maximum atomic E-state index is 11.9. The van der Waals surface area contributed by atoms with E-state index in [9.17, 15) is 9.59 Å². The molecule has 0 saturated carbocycles. The third-order valence-corrected chi connectivity index (χ3v) is 8.09. The predicted octanol–water partition coefficient (Wildman–Crippen LogP) is 7.59. The van der Waals surface area contributed by atoms with Crippen molar-refractivity contribution in [3.63, 3.8) is 0 Å². The lowest BCUT2D eigenvalue weighted by atomic mass is 10.2. The summed E-state index contributed by atoms with van der Waals surface area (Å²) in [4.78, 5) is 33.5. The van der Waals surface area contributed by atoms with Crippen molar-refractivity contribution in [2.24, 2.45) is 10.3 Å². The van der Waals surface area contributed by atoms with Crippen LogP contribution in [-0.2, 0) is 9.68 Å². The Kier molecular flexibility index (Phi) is 9.02. The lowest BCUT2D eigenvalue weighted by molar-refractivity contribution is 0.166. The quantitative estimate of drug-likeness (QED) is 0.219. The van der Waals surface area contributed by atoms with Crippen LogP contribution in [0.3, 0.4) is 0 Å². The molecule has 1 saturated heterocycles. The summed E-state index contributed by atoms with van der Waals surface area (Å²) in [7, 11) is 0. The number of nitrogens with one attached hydrogen (secondary N) is 2. The van der Waals surface area contributed by atoms with Gasteiger partial charge in [-0.15, -0.1) is 0 Å². The second-order valence-corrected chi connectivity index (χ2v) is 10.9. The first-order valence-electron chi connectivity index (χ1n) is 8.94. The summed E-state index contributed by atoms with van der Waals surface area (Å²) in [5.74, 6) is 0.565. The number of hydrogen-bond acceptors (Lipinski definition) is 8. The van der Waals surface area contributed by atoms with Gasteiger partial charge in [0.1, 0.15) is 0 Å². The van der Waals surface area contributed by atoms with Crippen molar-refractivity contribution < 1.29 is 19.3 Å². The van der Waals surface area contributed by atoms with Gasteiger partial charge in [0.25, 0.3) is 0 Å². The molecule has 2 amide bonds. The molecular formula is C19H14Cl4N4O4S2. The lowest BCUT2D eigenvalue weighted by Crippen LogP contribution is -2.22. The van der Waals surface area contributed by atoms with Gasteiger partial charge in [0.2, 0.25) is 0 Å². The molecule has 1 aliphatic heterocycles. The van der Waals surface area contributed by atoms with Crippen LogP contribution in [0.1, 0.15) is 6.92 Å². The molecule has 1 atom stereocenters. The van der Waals surface area contributed by atoms with Crippen molar-refractivity contribution >= 4 is 104 Å². The predicted molar refractivity (Wildman–Crippen MR) is 138 cm³/mol. The Bertz CT molecular complexity index is 1130. The molecule has 0 spiro atoms. The highest BCUT2D eigenvalue weighted by Gasteiger charge is 2.34. The molecule has 1 unspecified atom stereocenters. The molecule has 3 rings (SSSR count). The molecule has 0 aromatic heterocycles. The minimum absolute atomic E-state index is 0.296.